The second-order valence-electron chi connectivity index (χ2n) is 7.11. The molecule has 1 aliphatic heterocycles. The first-order valence-electron chi connectivity index (χ1n) is 9.74. The first-order chi connectivity index (χ1) is 14.1. The summed E-state index contributed by atoms with van der Waals surface area (Å²) in [6.45, 7) is 2.11. The van der Waals surface area contributed by atoms with Gasteiger partial charge in [0.1, 0.15) is 0 Å². The molecule has 10 heteroatoms. The second-order valence-corrected chi connectivity index (χ2v) is 7.11. The zero-order valence-electron chi connectivity index (χ0n) is 16.2. The van der Waals surface area contributed by atoms with Crippen LogP contribution >= 0.6 is 0 Å². The van der Waals surface area contributed by atoms with Gasteiger partial charge in [-0.3, -0.25) is 20.0 Å². The van der Waals surface area contributed by atoms with Gasteiger partial charge in [-0.05, 0) is 32.0 Å². The summed E-state index contributed by atoms with van der Waals surface area (Å²) in [5.74, 6) is 0.957. The van der Waals surface area contributed by atoms with Crippen LogP contribution in [-0.2, 0) is 11.8 Å². The molecule has 1 aromatic carbocycles. The fourth-order valence-electron chi connectivity index (χ4n) is 3.46. The van der Waals surface area contributed by atoms with Crippen LogP contribution in [0.1, 0.15) is 41.5 Å². The number of anilines is 1. The minimum absolute atomic E-state index is 0.129. The highest BCUT2D eigenvalue weighted by atomic mass is 16.2. The molecule has 10 nitrogen and oxygen atoms in total. The fourth-order valence-corrected chi connectivity index (χ4v) is 3.46. The first kappa shape index (κ1) is 19.1. The van der Waals surface area contributed by atoms with Gasteiger partial charge >= 0.3 is 0 Å². The summed E-state index contributed by atoms with van der Waals surface area (Å²) in [6, 6.07) is 7.40. The molecule has 0 aliphatic carbocycles. The zero-order valence-corrected chi connectivity index (χ0v) is 16.2. The van der Waals surface area contributed by atoms with Gasteiger partial charge in [0.05, 0.1) is 5.52 Å². The predicted molar refractivity (Wildman–Crippen MR) is 108 cm³/mol. The van der Waals surface area contributed by atoms with Crippen LogP contribution in [0.5, 0.6) is 0 Å². The molecule has 152 valence electrons. The van der Waals surface area contributed by atoms with Crippen molar-refractivity contribution in [3.05, 3.63) is 35.8 Å². The van der Waals surface area contributed by atoms with Crippen LogP contribution in [0.3, 0.4) is 0 Å². The lowest BCUT2D eigenvalue weighted by Gasteiger charge is -2.19. The van der Waals surface area contributed by atoms with E-state index < -0.39 is 0 Å². The van der Waals surface area contributed by atoms with E-state index in [4.69, 9.17) is 0 Å². The molecule has 3 heterocycles. The van der Waals surface area contributed by atoms with Crippen molar-refractivity contribution < 1.29 is 9.59 Å². The number of aromatic amines is 1. The third-order valence-corrected chi connectivity index (χ3v) is 5.06. The number of piperidine rings is 1. The lowest BCUT2D eigenvalue weighted by molar-refractivity contribution is -0.116. The molecule has 1 fully saturated rings. The number of para-hydroxylation sites is 1. The number of aryl methyl sites for hydroxylation is 1. The molecule has 1 aliphatic rings. The lowest BCUT2D eigenvalue weighted by atomic mass is 9.98. The van der Waals surface area contributed by atoms with Crippen molar-refractivity contribution in [1.29, 1.82) is 0 Å². The van der Waals surface area contributed by atoms with Crippen LogP contribution in [0.15, 0.2) is 24.3 Å². The summed E-state index contributed by atoms with van der Waals surface area (Å²) in [5, 5.41) is 20.9. The van der Waals surface area contributed by atoms with E-state index in [1.54, 1.807) is 11.7 Å². The predicted octanol–water partition coefficient (Wildman–Crippen LogP) is 0.917. The zero-order chi connectivity index (χ0) is 20.2. The van der Waals surface area contributed by atoms with Crippen molar-refractivity contribution >= 4 is 28.7 Å². The van der Waals surface area contributed by atoms with Gasteiger partial charge in [0.25, 0.3) is 5.91 Å². The molecule has 0 bridgehead atoms. The molecule has 4 rings (SSSR count). The molecule has 0 unspecified atom stereocenters. The number of fused-ring (bicyclic) bond motifs is 1. The van der Waals surface area contributed by atoms with Gasteiger partial charge in [-0.2, -0.15) is 15.2 Å². The monoisotopic (exact) mass is 396 g/mol. The normalized spacial score (nSPS) is 14.8. The average Bonchev–Trinajstić information content (AvgIpc) is 3.32. The SMILES string of the molecule is Cn1nc(C2CCNCC2)nc1NC(=O)CCNC(=O)c1n[nH]c2ccccc12. The molecule has 0 atom stereocenters. The van der Waals surface area contributed by atoms with Crippen LogP contribution in [0.25, 0.3) is 10.9 Å². The highest BCUT2D eigenvalue weighted by molar-refractivity contribution is 6.04. The van der Waals surface area contributed by atoms with Crippen molar-refractivity contribution in [2.45, 2.75) is 25.2 Å². The highest BCUT2D eigenvalue weighted by Gasteiger charge is 2.21. The van der Waals surface area contributed by atoms with Crippen molar-refractivity contribution in [2.75, 3.05) is 25.0 Å². The third kappa shape index (κ3) is 4.27. The maximum absolute atomic E-state index is 12.3. The molecule has 29 heavy (non-hydrogen) atoms. The number of H-pyrrole nitrogens is 1. The van der Waals surface area contributed by atoms with E-state index in [1.807, 2.05) is 24.3 Å². The van der Waals surface area contributed by atoms with Gasteiger partial charge < -0.3 is 10.6 Å². The minimum atomic E-state index is -0.317. The molecule has 1 saturated heterocycles. The number of aromatic nitrogens is 5. The Kier molecular flexibility index (Phi) is 5.52. The van der Waals surface area contributed by atoms with Gasteiger partial charge in [-0.15, -0.1) is 0 Å². The van der Waals surface area contributed by atoms with Crippen molar-refractivity contribution in [2.24, 2.45) is 7.05 Å². The quantitative estimate of drug-likeness (QED) is 0.490. The highest BCUT2D eigenvalue weighted by Crippen LogP contribution is 2.23. The Morgan fingerprint density at radius 3 is 2.86 bits per heavy atom. The molecule has 0 spiro atoms. The van der Waals surface area contributed by atoms with Crippen molar-refractivity contribution in [1.82, 2.24) is 35.6 Å². The Balaban J connectivity index is 1.29. The van der Waals surface area contributed by atoms with Crippen LogP contribution in [0, 0.1) is 0 Å². The molecule has 2 aromatic heterocycles. The van der Waals surface area contributed by atoms with E-state index >= 15 is 0 Å². The van der Waals surface area contributed by atoms with Crippen LogP contribution in [-0.4, -0.2) is 56.4 Å². The number of benzene rings is 1. The lowest BCUT2D eigenvalue weighted by Crippen LogP contribution is -2.28. The van der Waals surface area contributed by atoms with Gasteiger partial charge in [0.2, 0.25) is 11.9 Å². The van der Waals surface area contributed by atoms with E-state index in [0.717, 1.165) is 42.7 Å². The fraction of sp³-hybridized carbons (Fsp3) is 0.421. The summed E-state index contributed by atoms with van der Waals surface area (Å²) >= 11 is 0. The third-order valence-electron chi connectivity index (χ3n) is 5.06. The van der Waals surface area contributed by atoms with E-state index in [2.05, 4.69) is 36.2 Å². The topological polar surface area (TPSA) is 130 Å². The average molecular weight is 396 g/mol. The van der Waals surface area contributed by atoms with E-state index in [0.29, 0.717) is 17.6 Å². The number of nitrogens with zero attached hydrogens (tertiary/aromatic N) is 4. The number of hydrogen-bond donors (Lipinski definition) is 4. The molecule has 3 aromatic rings. The Hall–Kier alpha value is -3.27. The molecular formula is C19H24N8O2. The summed E-state index contributed by atoms with van der Waals surface area (Å²) in [6.07, 6.45) is 2.11. The summed E-state index contributed by atoms with van der Waals surface area (Å²) in [7, 11) is 1.76. The molecule has 0 radical (unpaired) electrons. The van der Waals surface area contributed by atoms with Gasteiger partial charge in [0.15, 0.2) is 11.5 Å². The summed E-state index contributed by atoms with van der Waals surface area (Å²) in [4.78, 5) is 29.1. The largest absolute Gasteiger partial charge is 0.350 e. The van der Waals surface area contributed by atoms with E-state index in [9.17, 15) is 9.59 Å². The Bertz CT molecular complexity index is 1020. The van der Waals surface area contributed by atoms with E-state index in [1.165, 1.54) is 0 Å². The first-order valence-corrected chi connectivity index (χ1v) is 9.74. The van der Waals surface area contributed by atoms with Crippen molar-refractivity contribution in [3.63, 3.8) is 0 Å². The number of carbonyl (C=O) groups is 2. The molecule has 4 N–H and O–H groups in total. The number of amides is 2. The number of nitrogens with one attached hydrogen (secondary N) is 4. The standard InChI is InChI=1S/C19H24N8O2/c1-27-19(23-17(26-27)12-6-9-20-10-7-12)22-15(28)8-11-21-18(29)16-13-4-2-3-5-14(13)24-25-16/h2-5,12,20H,6-11H2,1H3,(H,21,29)(H,24,25)(H,22,23,26,28). The van der Waals surface area contributed by atoms with Crippen molar-refractivity contribution in [3.8, 4) is 0 Å². The minimum Gasteiger partial charge on any atom is -0.350 e. The Labute approximate surface area is 167 Å². The number of hydrogen-bond acceptors (Lipinski definition) is 6. The Morgan fingerprint density at radius 1 is 1.24 bits per heavy atom. The summed E-state index contributed by atoms with van der Waals surface area (Å²) < 4.78 is 1.59. The van der Waals surface area contributed by atoms with Crippen LogP contribution in [0.2, 0.25) is 0 Å². The second kappa shape index (κ2) is 8.39. The maximum Gasteiger partial charge on any atom is 0.272 e. The maximum atomic E-state index is 12.3. The van der Waals surface area contributed by atoms with Gasteiger partial charge in [-0.25, -0.2) is 4.68 Å². The number of carbonyl (C=O) groups excluding carboxylic acids is 2. The molecule has 2 amide bonds. The summed E-state index contributed by atoms with van der Waals surface area (Å²) in [5.41, 5.74) is 1.11. The van der Waals surface area contributed by atoms with Gasteiger partial charge in [0, 0.05) is 31.3 Å². The molecule has 0 saturated carbocycles. The van der Waals surface area contributed by atoms with Crippen LogP contribution < -0.4 is 16.0 Å². The van der Waals surface area contributed by atoms with E-state index in [-0.39, 0.29) is 24.8 Å². The smallest absolute Gasteiger partial charge is 0.272 e. The number of rotatable bonds is 6. The van der Waals surface area contributed by atoms with Gasteiger partial charge in [-0.1, -0.05) is 18.2 Å². The van der Waals surface area contributed by atoms with Crippen LogP contribution in [0.4, 0.5) is 5.95 Å². The molecular weight excluding hydrogens is 372 g/mol. The Morgan fingerprint density at radius 2 is 2.03 bits per heavy atom.